The molecule has 84 valence electrons. The monoisotopic (exact) mass is 219 g/mol. The Hall–Kier alpha value is 0.310. The average Bonchev–Trinajstić information content (AvgIpc) is 2.19. The molecule has 0 aromatic heterocycles. The number of likely N-dealkylation sites (tertiary alicyclic amines) is 1. The van der Waals surface area contributed by atoms with Crippen molar-refractivity contribution in [2.24, 2.45) is 5.92 Å². The number of rotatable bonds is 5. The highest BCUT2D eigenvalue weighted by Gasteiger charge is 2.20. The third-order valence-electron chi connectivity index (χ3n) is 2.97. The second kappa shape index (κ2) is 6.73. The molecule has 1 fully saturated rings. The molecule has 0 saturated carbocycles. The molecule has 1 N–H and O–H groups in total. The first-order valence-corrected chi connectivity index (χ1v) is 6.34. The van der Waals surface area contributed by atoms with E-state index in [1.54, 1.807) is 0 Å². The molecule has 0 spiro atoms. The molecule has 0 radical (unpaired) electrons. The fraction of sp³-hybridized carbons (Fsp3) is 1.00. The van der Waals surface area contributed by atoms with Crippen molar-refractivity contribution < 1.29 is 9.42 Å². The maximum absolute atomic E-state index is 8.53. The predicted molar refractivity (Wildman–Crippen MR) is 60.5 cm³/mol. The molecule has 1 aliphatic heterocycles. The summed E-state index contributed by atoms with van der Waals surface area (Å²) in [6, 6.07) is 0.665. The maximum atomic E-state index is 8.53. The van der Waals surface area contributed by atoms with Gasteiger partial charge in [0.15, 0.2) is 9.03 Å². The number of hydrogen-bond donors (Lipinski definition) is 1. The van der Waals surface area contributed by atoms with Crippen LogP contribution in [0.3, 0.4) is 0 Å². The van der Waals surface area contributed by atoms with Gasteiger partial charge in [0.1, 0.15) is 0 Å². The van der Waals surface area contributed by atoms with Gasteiger partial charge >= 0.3 is 0 Å². The van der Waals surface area contributed by atoms with Gasteiger partial charge in [0.05, 0.1) is 6.61 Å². The minimum atomic E-state index is -0.346. The summed E-state index contributed by atoms with van der Waals surface area (Å²) in [4.78, 5) is 11.1. The first kappa shape index (κ1) is 12.4. The van der Waals surface area contributed by atoms with Gasteiger partial charge in [-0.2, -0.15) is 0 Å². The van der Waals surface area contributed by atoms with Crippen LogP contribution in [-0.4, -0.2) is 35.5 Å². The minimum absolute atomic E-state index is 0.346. The largest absolute Gasteiger partial charge is 0.352 e. The van der Waals surface area contributed by atoms with Crippen molar-refractivity contribution in [3.8, 4) is 0 Å². The zero-order valence-corrected chi connectivity index (χ0v) is 10.2. The molecule has 4 heteroatoms. The van der Waals surface area contributed by atoms with E-state index < -0.39 is 0 Å². The van der Waals surface area contributed by atoms with E-state index in [4.69, 9.17) is 9.42 Å². The van der Waals surface area contributed by atoms with Crippen LogP contribution in [0.2, 0.25) is 0 Å². The van der Waals surface area contributed by atoms with E-state index in [-0.39, 0.29) is 9.03 Å². The summed E-state index contributed by atoms with van der Waals surface area (Å²) >= 11 is 0. The van der Waals surface area contributed by atoms with Crippen LogP contribution in [0, 0.1) is 5.92 Å². The van der Waals surface area contributed by atoms with Crippen LogP contribution >= 0.6 is 9.03 Å². The number of nitrogens with zero attached hydrogens (tertiary/aromatic N) is 1. The molecular formula is C10H22NO2P. The predicted octanol–water partition coefficient (Wildman–Crippen LogP) is 2.01. The zero-order valence-electron chi connectivity index (χ0n) is 9.20. The molecule has 3 nitrogen and oxygen atoms in total. The average molecular weight is 219 g/mol. The SMILES string of the molecule is CC(C)N1CCCC(CCOPO)C1. The quantitative estimate of drug-likeness (QED) is 0.567. The van der Waals surface area contributed by atoms with Crippen LogP contribution in [0.1, 0.15) is 33.1 Å². The second-order valence-electron chi connectivity index (χ2n) is 4.33. The molecule has 1 rings (SSSR count). The molecule has 0 bridgehead atoms. The maximum Gasteiger partial charge on any atom is 0.152 e. The van der Waals surface area contributed by atoms with Gasteiger partial charge in [-0.25, -0.2) is 0 Å². The Balaban J connectivity index is 2.19. The fourth-order valence-corrected chi connectivity index (χ4v) is 2.28. The third kappa shape index (κ3) is 4.22. The molecule has 2 unspecified atom stereocenters. The Morgan fingerprint density at radius 3 is 3.00 bits per heavy atom. The van der Waals surface area contributed by atoms with Crippen molar-refractivity contribution in [2.75, 3.05) is 19.7 Å². The van der Waals surface area contributed by atoms with Crippen molar-refractivity contribution in [3.05, 3.63) is 0 Å². The summed E-state index contributed by atoms with van der Waals surface area (Å²) < 4.78 is 5.00. The lowest BCUT2D eigenvalue weighted by molar-refractivity contribution is 0.125. The molecule has 1 saturated heterocycles. The summed E-state index contributed by atoms with van der Waals surface area (Å²) in [6.07, 6.45) is 3.72. The summed E-state index contributed by atoms with van der Waals surface area (Å²) in [7, 11) is -0.346. The fourth-order valence-electron chi connectivity index (χ4n) is 2.07. The van der Waals surface area contributed by atoms with Crippen LogP contribution in [0.4, 0.5) is 0 Å². The number of hydrogen-bond acceptors (Lipinski definition) is 3. The lowest BCUT2D eigenvalue weighted by atomic mass is 9.94. The standard InChI is InChI=1S/C10H22NO2P/c1-9(2)11-6-3-4-10(8-11)5-7-13-14-12/h9-10,12,14H,3-8H2,1-2H3. The second-order valence-corrected chi connectivity index (χ2v) is 4.80. The van der Waals surface area contributed by atoms with Crippen LogP contribution in [-0.2, 0) is 4.52 Å². The molecule has 1 aliphatic rings. The van der Waals surface area contributed by atoms with Crippen LogP contribution < -0.4 is 0 Å². The molecule has 2 atom stereocenters. The van der Waals surface area contributed by atoms with Gasteiger partial charge in [0.2, 0.25) is 0 Å². The van der Waals surface area contributed by atoms with E-state index in [1.807, 2.05) is 0 Å². The van der Waals surface area contributed by atoms with E-state index >= 15 is 0 Å². The first-order chi connectivity index (χ1) is 6.74. The first-order valence-electron chi connectivity index (χ1n) is 5.49. The van der Waals surface area contributed by atoms with Crippen molar-refractivity contribution >= 4 is 9.03 Å². The van der Waals surface area contributed by atoms with Gasteiger partial charge in [-0.1, -0.05) is 0 Å². The number of piperidine rings is 1. The van der Waals surface area contributed by atoms with E-state index in [9.17, 15) is 0 Å². The van der Waals surface area contributed by atoms with E-state index in [2.05, 4.69) is 18.7 Å². The zero-order chi connectivity index (χ0) is 10.4. The Kier molecular flexibility index (Phi) is 5.95. The lowest BCUT2D eigenvalue weighted by Gasteiger charge is -2.35. The molecule has 0 aromatic rings. The van der Waals surface area contributed by atoms with Crippen molar-refractivity contribution in [3.63, 3.8) is 0 Å². The minimum Gasteiger partial charge on any atom is -0.352 e. The van der Waals surface area contributed by atoms with E-state index in [0.29, 0.717) is 12.6 Å². The Morgan fingerprint density at radius 1 is 1.57 bits per heavy atom. The smallest absolute Gasteiger partial charge is 0.152 e. The highest BCUT2D eigenvalue weighted by Crippen LogP contribution is 2.21. The van der Waals surface area contributed by atoms with Gasteiger partial charge in [-0.05, 0) is 45.6 Å². The van der Waals surface area contributed by atoms with Gasteiger partial charge in [-0.15, -0.1) is 0 Å². The Morgan fingerprint density at radius 2 is 2.36 bits per heavy atom. The van der Waals surface area contributed by atoms with Crippen molar-refractivity contribution in [1.29, 1.82) is 0 Å². The van der Waals surface area contributed by atoms with E-state index in [0.717, 1.165) is 12.3 Å². The van der Waals surface area contributed by atoms with Gasteiger partial charge in [0.25, 0.3) is 0 Å². The van der Waals surface area contributed by atoms with Gasteiger partial charge in [-0.3, -0.25) is 0 Å². The third-order valence-corrected chi connectivity index (χ3v) is 3.31. The van der Waals surface area contributed by atoms with Crippen LogP contribution in [0.15, 0.2) is 0 Å². The summed E-state index contributed by atoms with van der Waals surface area (Å²) in [5, 5.41) is 0. The topological polar surface area (TPSA) is 32.7 Å². The Bertz CT molecular complexity index is 155. The highest BCUT2D eigenvalue weighted by molar-refractivity contribution is 7.24. The van der Waals surface area contributed by atoms with E-state index in [1.165, 1.54) is 25.9 Å². The lowest BCUT2D eigenvalue weighted by Crippen LogP contribution is -2.40. The highest BCUT2D eigenvalue weighted by atomic mass is 31.1. The molecule has 14 heavy (non-hydrogen) atoms. The van der Waals surface area contributed by atoms with Crippen LogP contribution in [0.25, 0.3) is 0 Å². The van der Waals surface area contributed by atoms with Crippen molar-refractivity contribution in [1.82, 2.24) is 4.90 Å². The molecule has 0 aliphatic carbocycles. The molecule has 0 aromatic carbocycles. The normalized spacial score (nSPS) is 25.3. The molecule has 1 heterocycles. The van der Waals surface area contributed by atoms with Crippen LogP contribution in [0.5, 0.6) is 0 Å². The molecule has 0 amide bonds. The van der Waals surface area contributed by atoms with Gasteiger partial charge in [0, 0.05) is 12.6 Å². The molecular weight excluding hydrogens is 197 g/mol. The summed E-state index contributed by atoms with van der Waals surface area (Å²) in [5.41, 5.74) is 0. The Labute approximate surface area is 88.8 Å². The van der Waals surface area contributed by atoms with Gasteiger partial charge < -0.3 is 14.3 Å². The summed E-state index contributed by atoms with van der Waals surface area (Å²) in [5.74, 6) is 0.766. The van der Waals surface area contributed by atoms with Crippen molar-refractivity contribution in [2.45, 2.75) is 39.2 Å². The summed E-state index contributed by atoms with van der Waals surface area (Å²) in [6.45, 7) is 7.68.